The summed E-state index contributed by atoms with van der Waals surface area (Å²) < 4.78 is 6.00. The Hall–Kier alpha value is -4.15. The SMILES string of the molecule is CCOc1cc(C(=O)N2CCC(N3CCCN(C)CC3)CC2)ccc1Nc1cc2c(cn1)N(C)C(=O)c1ccccc1N2C. The minimum Gasteiger partial charge on any atom is -0.492 e. The summed E-state index contributed by atoms with van der Waals surface area (Å²) in [6.07, 6.45) is 4.94. The van der Waals surface area contributed by atoms with Crippen LogP contribution in [0.4, 0.5) is 28.6 Å². The maximum atomic E-state index is 13.6. The topological polar surface area (TPSA) is 84.5 Å². The molecule has 3 aliphatic heterocycles. The molecule has 6 rings (SSSR count). The van der Waals surface area contributed by atoms with Gasteiger partial charge in [0.25, 0.3) is 11.8 Å². The molecule has 0 unspecified atom stereocenters. The highest BCUT2D eigenvalue weighted by Gasteiger charge is 2.30. The number of hydrogen-bond acceptors (Lipinski definition) is 8. The highest BCUT2D eigenvalue weighted by atomic mass is 16.5. The summed E-state index contributed by atoms with van der Waals surface area (Å²) in [5, 5.41) is 3.39. The summed E-state index contributed by atoms with van der Waals surface area (Å²) >= 11 is 0. The summed E-state index contributed by atoms with van der Waals surface area (Å²) in [4.78, 5) is 42.0. The maximum Gasteiger partial charge on any atom is 0.260 e. The standard InChI is InChI=1S/C34H43N7O3/c1-5-44-31-21-24(33(42)41-17-13-25(14-18-41)40-16-8-15-37(2)19-20-40)11-12-27(31)36-32-22-29-30(23-35-32)39(4)34(43)26-9-6-7-10-28(26)38(29)3/h6-7,9-12,21-23,25H,5,8,13-20H2,1-4H3,(H,35,36). The van der Waals surface area contributed by atoms with E-state index in [1.807, 2.05) is 72.3 Å². The first-order valence-corrected chi connectivity index (χ1v) is 15.7. The molecule has 2 saturated heterocycles. The van der Waals surface area contributed by atoms with Crippen LogP contribution >= 0.6 is 0 Å². The molecular weight excluding hydrogens is 554 g/mol. The van der Waals surface area contributed by atoms with E-state index in [1.54, 1.807) is 18.1 Å². The molecule has 2 amide bonds. The van der Waals surface area contributed by atoms with Gasteiger partial charge in [0.05, 0.1) is 41.1 Å². The lowest BCUT2D eigenvalue weighted by Crippen LogP contribution is -2.47. The second-order valence-corrected chi connectivity index (χ2v) is 12.0. The highest BCUT2D eigenvalue weighted by Crippen LogP contribution is 2.40. The van der Waals surface area contributed by atoms with Crippen LogP contribution in [0.3, 0.4) is 0 Å². The zero-order valence-corrected chi connectivity index (χ0v) is 26.3. The number of carbonyl (C=O) groups is 2. The van der Waals surface area contributed by atoms with Gasteiger partial charge >= 0.3 is 0 Å². The third kappa shape index (κ3) is 5.96. The Morgan fingerprint density at radius 1 is 0.909 bits per heavy atom. The molecule has 0 atom stereocenters. The van der Waals surface area contributed by atoms with Crippen molar-refractivity contribution in [3.8, 4) is 5.75 Å². The van der Waals surface area contributed by atoms with Crippen molar-refractivity contribution in [2.45, 2.75) is 32.2 Å². The van der Waals surface area contributed by atoms with E-state index in [4.69, 9.17) is 4.74 Å². The number of hydrogen-bond donors (Lipinski definition) is 1. The van der Waals surface area contributed by atoms with Gasteiger partial charge in [-0.15, -0.1) is 0 Å². The van der Waals surface area contributed by atoms with Crippen molar-refractivity contribution in [1.29, 1.82) is 0 Å². The molecule has 1 N–H and O–H groups in total. The van der Waals surface area contributed by atoms with Gasteiger partial charge in [-0.1, -0.05) is 12.1 Å². The lowest BCUT2D eigenvalue weighted by molar-refractivity contribution is 0.0623. The van der Waals surface area contributed by atoms with Gasteiger partial charge in [0.1, 0.15) is 11.6 Å². The van der Waals surface area contributed by atoms with Gasteiger partial charge in [-0.2, -0.15) is 0 Å². The first kappa shape index (κ1) is 29.9. The maximum absolute atomic E-state index is 13.6. The van der Waals surface area contributed by atoms with E-state index in [0.717, 1.165) is 74.9 Å². The van der Waals surface area contributed by atoms with Crippen LogP contribution < -0.4 is 19.9 Å². The number of likely N-dealkylation sites (tertiary alicyclic amines) is 1. The average molecular weight is 598 g/mol. The summed E-state index contributed by atoms with van der Waals surface area (Å²) in [5.41, 5.74) is 4.39. The number of aromatic nitrogens is 1. The molecule has 44 heavy (non-hydrogen) atoms. The van der Waals surface area contributed by atoms with Crippen molar-refractivity contribution in [2.75, 3.05) is 82.1 Å². The number of likely N-dealkylation sites (N-methyl/N-ethyl adjacent to an activating group) is 1. The molecular formula is C34H43N7O3. The van der Waals surface area contributed by atoms with E-state index >= 15 is 0 Å². The summed E-state index contributed by atoms with van der Waals surface area (Å²) in [7, 11) is 5.92. The number of benzene rings is 2. The Morgan fingerprint density at radius 2 is 1.70 bits per heavy atom. The van der Waals surface area contributed by atoms with Crippen molar-refractivity contribution >= 4 is 40.4 Å². The number of pyridine rings is 1. The van der Waals surface area contributed by atoms with E-state index in [9.17, 15) is 9.59 Å². The molecule has 10 heteroatoms. The van der Waals surface area contributed by atoms with Crippen LogP contribution in [0, 0.1) is 0 Å². The average Bonchev–Trinajstić information content (AvgIpc) is 3.31. The van der Waals surface area contributed by atoms with Crippen molar-refractivity contribution in [3.63, 3.8) is 0 Å². The third-order valence-electron chi connectivity index (χ3n) is 9.20. The van der Waals surface area contributed by atoms with Crippen LogP contribution in [0.15, 0.2) is 54.7 Å². The number of rotatable bonds is 6. The number of nitrogens with one attached hydrogen (secondary N) is 1. The Labute approximate surface area is 260 Å². The van der Waals surface area contributed by atoms with E-state index < -0.39 is 0 Å². The normalized spacial score (nSPS) is 18.4. The van der Waals surface area contributed by atoms with E-state index in [1.165, 1.54) is 6.42 Å². The number of anilines is 5. The van der Waals surface area contributed by atoms with Gasteiger partial charge in [-0.25, -0.2) is 4.98 Å². The monoisotopic (exact) mass is 597 g/mol. The number of nitrogens with zero attached hydrogens (tertiary/aromatic N) is 6. The number of amides is 2. The molecule has 4 heterocycles. The predicted molar refractivity (Wildman–Crippen MR) is 175 cm³/mol. The second-order valence-electron chi connectivity index (χ2n) is 12.0. The van der Waals surface area contributed by atoms with Gasteiger partial charge < -0.3 is 29.7 Å². The van der Waals surface area contributed by atoms with Crippen molar-refractivity contribution in [3.05, 3.63) is 65.9 Å². The molecule has 0 spiro atoms. The molecule has 3 aromatic rings. The largest absolute Gasteiger partial charge is 0.492 e. The highest BCUT2D eigenvalue weighted by molar-refractivity contribution is 6.13. The predicted octanol–water partition coefficient (Wildman–Crippen LogP) is 4.82. The molecule has 0 radical (unpaired) electrons. The lowest BCUT2D eigenvalue weighted by atomic mass is 10.0. The van der Waals surface area contributed by atoms with Crippen LogP contribution in [0.2, 0.25) is 0 Å². The molecule has 3 aliphatic rings. The van der Waals surface area contributed by atoms with E-state index in [-0.39, 0.29) is 11.8 Å². The summed E-state index contributed by atoms with van der Waals surface area (Å²) in [5.74, 6) is 1.18. The van der Waals surface area contributed by atoms with Crippen molar-refractivity contribution in [1.82, 2.24) is 19.7 Å². The van der Waals surface area contributed by atoms with E-state index in [2.05, 4.69) is 27.1 Å². The zero-order chi connectivity index (χ0) is 30.8. The summed E-state index contributed by atoms with van der Waals surface area (Å²) in [6.45, 7) is 8.47. The van der Waals surface area contributed by atoms with Gasteiger partial charge in [-0.3, -0.25) is 14.5 Å². The van der Waals surface area contributed by atoms with Crippen LogP contribution in [0.1, 0.15) is 46.9 Å². The van der Waals surface area contributed by atoms with Gasteiger partial charge in [-0.05, 0) is 76.7 Å². The van der Waals surface area contributed by atoms with Crippen molar-refractivity contribution in [2.24, 2.45) is 0 Å². The minimum absolute atomic E-state index is 0.0442. The Balaban J connectivity index is 1.17. The fourth-order valence-corrected chi connectivity index (χ4v) is 6.62. The second kappa shape index (κ2) is 12.8. The van der Waals surface area contributed by atoms with Gasteiger partial charge in [0.2, 0.25) is 0 Å². The number of para-hydroxylation sites is 1. The number of carbonyl (C=O) groups excluding carboxylic acids is 2. The van der Waals surface area contributed by atoms with Crippen LogP contribution in [-0.4, -0.2) is 105 Å². The van der Waals surface area contributed by atoms with Crippen molar-refractivity contribution < 1.29 is 14.3 Å². The molecule has 0 saturated carbocycles. The number of ether oxygens (including phenoxy) is 1. The fraction of sp³-hybridized carbons (Fsp3) is 0.441. The first-order valence-electron chi connectivity index (χ1n) is 15.7. The molecule has 0 bridgehead atoms. The Kier molecular flexibility index (Phi) is 8.72. The van der Waals surface area contributed by atoms with Crippen LogP contribution in [-0.2, 0) is 0 Å². The molecule has 0 aliphatic carbocycles. The van der Waals surface area contributed by atoms with Gasteiger partial charge in [0, 0.05) is 57.9 Å². The van der Waals surface area contributed by atoms with E-state index in [0.29, 0.717) is 35.3 Å². The molecule has 10 nitrogen and oxygen atoms in total. The minimum atomic E-state index is -0.0772. The zero-order valence-electron chi connectivity index (χ0n) is 26.3. The fourth-order valence-electron chi connectivity index (χ4n) is 6.62. The number of piperidine rings is 1. The van der Waals surface area contributed by atoms with Gasteiger partial charge in [0.15, 0.2) is 0 Å². The lowest BCUT2D eigenvalue weighted by Gasteiger charge is -2.38. The molecule has 2 aromatic carbocycles. The summed E-state index contributed by atoms with van der Waals surface area (Å²) in [6, 6.07) is 15.7. The molecule has 1 aromatic heterocycles. The smallest absolute Gasteiger partial charge is 0.260 e. The third-order valence-corrected chi connectivity index (χ3v) is 9.20. The van der Waals surface area contributed by atoms with Crippen LogP contribution in [0.5, 0.6) is 5.75 Å². The number of fused-ring (bicyclic) bond motifs is 2. The molecule has 232 valence electrons. The first-order chi connectivity index (χ1) is 21.3. The molecule has 2 fully saturated rings. The Bertz CT molecular complexity index is 1520. The Morgan fingerprint density at radius 3 is 2.50 bits per heavy atom. The van der Waals surface area contributed by atoms with Crippen LogP contribution in [0.25, 0.3) is 0 Å². The quantitative estimate of drug-likeness (QED) is 0.433.